The number of likely N-dealkylation sites (N-methyl/N-ethyl adjacent to an activating group) is 1. The van der Waals surface area contributed by atoms with Crippen LogP contribution in [0.25, 0.3) is 0 Å². The molecular weight excluding hydrogens is 366 g/mol. The van der Waals surface area contributed by atoms with Gasteiger partial charge in [0.05, 0.1) is 10.6 Å². The summed E-state index contributed by atoms with van der Waals surface area (Å²) in [5.74, 6) is 1.01. The van der Waals surface area contributed by atoms with Gasteiger partial charge in [-0.3, -0.25) is 0 Å². The van der Waals surface area contributed by atoms with Crippen molar-refractivity contribution in [2.24, 2.45) is 0 Å². The Hall–Kier alpha value is -1.79. The van der Waals surface area contributed by atoms with E-state index in [1.54, 1.807) is 0 Å². The third kappa shape index (κ3) is 5.36. The average Bonchev–Trinajstić information content (AvgIpc) is 2.67. The summed E-state index contributed by atoms with van der Waals surface area (Å²) in [4.78, 5) is 5.13. The highest BCUT2D eigenvalue weighted by atomic mass is 32.2. The Morgan fingerprint density at radius 1 is 1.15 bits per heavy atom. The molecule has 1 aliphatic heterocycles. The standard InChI is InChI=1S/C21H26F2N2OS/c1-24(2)17-10-7-13-25(14-17)18-11-6-12-19(20(18)26-21(22)23)27-15-16-8-4-3-5-9-16/h3-6,8-9,11-12,17,21H,7,10,13-15H2,1-2H3/t17-/m0/s1. The summed E-state index contributed by atoms with van der Waals surface area (Å²) in [6.45, 7) is -1.16. The molecule has 0 spiro atoms. The van der Waals surface area contributed by atoms with Crippen molar-refractivity contribution in [3.05, 3.63) is 54.1 Å². The molecule has 1 fully saturated rings. The van der Waals surface area contributed by atoms with Crippen molar-refractivity contribution in [2.45, 2.75) is 36.1 Å². The first-order valence-electron chi connectivity index (χ1n) is 9.20. The van der Waals surface area contributed by atoms with Crippen LogP contribution in [0.15, 0.2) is 53.4 Å². The van der Waals surface area contributed by atoms with Gasteiger partial charge in [0.25, 0.3) is 0 Å². The first-order chi connectivity index (χ1) is 13.0. The van der Waals surface area contributed by atoms with Gasteiger partial charge >= 0.3 is 6.61 Å². The number of rotatable bonds is 7. The third-order valence-electron chi connectivity index (χ3n) is 4.87. The Balaban J connectivity index is 1.84. The molecule has 3 nitrogen and oxygen atoms in total. The summed E-state index contributed by atoms with van der Waals surface area (Å²) in [5, 5.41) is 0. The van der Waals surface area contributed by atoms with Crippen LogP contribution in [-0.4, -0.2) is 44.7 Å². The lowest BCUT2D eigenvalue weighted by molar-refractivity contribution is -0.0513. The number of anilines is 1. The minimum absolute atomic E-state index is 0.299. The van der Waals surface area contributed by atoms with Crippen molar-refractivity contribution < 1.29 is 13.5 Å². The Kier molecular flexibility index (Phi) is 6.96. The number of para-hydroxylation sites is 1. The fraction of sp³-hybridized carbons (Fsp3) is 0.429. The maximum atomic E-state index is 13.2. The first-order valence-corrected chi connectivity index (χ1v) is 10.2. The van der Waals surface area contributed by atoms with E-state index in [-0.39, 0.29) is 0 Å². The van der Waals surface area contributed by atoms with Gasteiger partial charge in [-0.05, 0) is 44.6 Å². The van der Waals surface area contributed by atoms with Crippen molar-refractivity contribution in [1.29, 1.82) is 0 Å². The van der Waals surface area contributed by atoms with E-state index < -0.39 is 6.61 Å². The van der Waals surface area contributed by atoms with Gasteiger partial charge in [0, 0.05) is 24.9 Å². The van der Waals surface area contributed by atoms with Gasteiger partial charge in [0.1, 0.15) is 0 Å². The van der Waals surface area contributed by atoms with Crippen LogP contribution in [0.1, 0.15) is 18.4 Å². The summed E-state index contributed by atoms with van der Waals surface area (Å²) in [5.41, 5.74) is 1.92. The maximum Gasteiger partial charge on any atom is 0.387 e. The van der Waals surface area contributed by atoms with Gasteiger partial charge in [-0.25, -0.2) is 0 Å². The van der Waals surface area contributed by atoms with Gasteiger partial charge < -0.3 is 14.5 Å². The van der Waals surface area contributed by atoms with Gasteiger partial charge in [-0.2, -0.15) is 8.78 Å². The molecule has 0 N–H and O–H groups in total. The number of ether oxygens (including phenoxy) is 1. The lowest BCUT2D eigenvalue weighted by Gasteiger charge is -2.38. The number of hydrogen-bond acceptors (Lipinski definition) is 4. The molecule has 2 aromatic carbocycles. The molecule has 0 aromatic heterocycles. The molecule has 1 saturated heterocycles. The Labute approximate surface area is 164 Å². The average molecular weight is 393 g/mol. The molecule has 3 rings (SSSR count). The highest BCUT2D eigenvalue weighted by molar-refractivity contribution is 7.98. The zero-order valence-electron chi connectivity index (χ0n) is 15.8. The number of hydrogen-bond donors (Lipinski definition) is 0. The number of nitrogens with zero attached hydrogens (tertiary/aromatic N) is 2. The zero-order chi connectivity index (χ0) is 19.2. The van der Waals surface area contributed by atoms with E-state index in [9.17, 15) is 8.78 Å². The number of benzene rings is 2. The van der Waals surface area contributed by atoms with E-state index in [4.69, 9.17) is 4.74 Å². The monoisotopic (exact) mass is 392 g/mol. The van der Waals surface area contributed by atoms with Gasteiger partial charge in [-0.15, -0.1) is 11.8 Å². The van der Waals surface area contributed by atoms with Gasteiger partial charge in [-0.1, -0.05) is 36.4 Å². The van der Waals surface area contributed by atoms with Gasteiger partial charge in [0.2, 0.25) is 0 Å². The fourth-order valence-electron chi connectivity index (χ4n) is 3.40. The minimum atomic E-state index is -2.84. The lowest BCUT2D eigenvalue weighted by Crippen LogP contribution is -2.45. The van der Waals surface area contributed by atoms with Crippen LogP contribution < -0.4 is 9.64 Å². The summed E-state index contributed by atoms with van der Waals surface area (Å²) in [6.07, 6.45) is 2.16. The van der Waals surface area contributed by atoms with Crippen LogP contribution in [-0.2, 0) is 5.75 Å². The topological polar surface area (TPSA) is 15.7 Å². The summed E-state index contributed by atoms with van der Waals surface area (Å²) < 4.78 is 31.3. The van der Waals surface area contributed by atoms with Crippen molar-refractivity contribution in [2.75, 3.05) is 32.1 Å². The molecule has 0 amide bonds. The molecule has 2 aromatic rings. The quantitative estimate of drug-likeness (QED) is 0.608. The smallest absolute Gasteiger partial charge is 0.387 e. The molecule has 27 heavy (non-hydrogen) atoms. The second-order valence-corrected chi connectivity index (χ2v) is 7.98. The second kappa shape index (κ2) is 9.42. The van der Waals surface area contributed by atoms with E-state index in [0.717, 1.165) is 42.1 Å². The van der Waals surface area contributed by atoms with E-state index in [0.29, 0.717) is 17.5 Å². The van der Waals surface area contributed by atoms with E-state index in [1.165, 1.54) is 11.8 Å². The lowest BCUT2D eigenvalue weighted by atomic mass is 10.0. The molecule has 0 unspecified atom stereocenters. The molecule has 1 heterocycles. The Morgan fingerprint density at radius 3 is 2.63 bits per heavy atom. The normalized spacial score (nSPS) is 17.6. The second-order valence-electron chi connectivity index (χ2n) is 6.96. The fourth-order valence-corrected chi connectivity index (χ4v) is 4.38. The minimum Gasteiger partial charge on any atom is -0.431 e. The van der Waals surface area contributed by atoms with Crippen LogP contribution in [0, 0.1) is 0 Å². The molecule has 6 heteroatoms. The molecule has 0 bridgehead atoms. The van der Waals surface area contributed by atoms with Crippen LogP contribution in [0.3, 0.4) is 0 Å². The molecule has 0 aliphatic carbocycles. The van der Waals surface area contributed by atoms with Crippen LogP contribution in [0.5, 0.6) is 5.75 Å². The molecule has 146 valence electrons. The Morgan fingerprint density at radius 2 is 1.93 bits per heavy atom. The highest BCUT2D eigenvalue weighted by Gasteiger charge is 2.25. The van der Waals surface area contributed by atoms with E-state index >= 15 is 0 Å². The van der Waals surface area contributed by atoms with E-state index in [2.05, 4.69) is 23.9 Å². The van der Waals surface area contributed by atoms with Gasteiger partial charge in [0.15, 0.2) is 5.75 Å². The van der Waals surface area contributed by atoms with Crippen LogP contribution in [0.4, 0.5) is 14.5 Å². The summed E-state index contributed by atoms with van der Waals surface area (Å²) in [6, 6.07) is 16.1. The van der Waals surface area contributed by atoms with Crippen molar-refractivity contribution in [1.82, 2.24) is 4.90 Å². The van der Waals surface area contributed by atoms with Crippen molar-refractivity contribution in [3.63, 3.8) is 0 Å². The predicted molar refractivity (Wildman–Crippen MR) is 108 cm³/mol. The largest absolute Gasteiger partial charge is 0.431 e. The number of thioether (sulfide) groups is 1. The predicted octanol–water partition coefficient (Wildman–Crippen LogP) is 5.11. The number of piperidine rings is 1. The summed E-state index contributed by atoms with van der Waals surface area (Å²) >= 11 is 1.53. The molecule has 1 aliphatic rings. The molecule has 0 radical (unpaired) electrons. The van der Waals surface area contributed by atoms with Crippen LogP contribution >= 0.6 is 11.8 Å². The van der Waals surface area contributed by atoms with Crippen LogP contribution in [0.2, 0.25) is 0 Å². The Bertz CT molecular complexity index is 727. The maximum absolute atomic E-state index is 13.2. The highest BCUT2D eigenvalue weighted by Crippen LogP contribution is 2.41. The SMILES string of the molecule is CN(C)[C@H]1CCCN(c2cccc(SCc3ccccc3)c2OC(F)F)C1. The number of alkyl halides is 2. The summed E-state index contributed by atoms with van der Waals surface area (Å²) in [7, 11) is 4.13. The molecule has 0 saturated carbocycles. The van der Waals surface area contributed by atoms with E-state index in [1.807, 2.05) is 48.5 Å². The van der Waals surface area contributed by atoms with Crippen molar-refractivity contribution in [3.8, 4) is 5.75 Å². The number of halogens is 2. The third-order valence-corrected chi connectivity index (χ3v) is 5.98. The molecule has 1 atom stereocenters. The van der Waals surface area contributed by atoms with Crippen molar-refractivity contribution >= 4 is 17.4 Å². The zero-order valence-corrected chi connectivity index (χ0v) is 16.6. The molecular formula is C21H26F2N2OS. The first kappa shape index (κ1) is 20.0.